The van der Waals surface area contributed by atoms with E-state index in [9.17, 15) is 4.39 Å². The number of halogens is 1. The van der Waals surface area contributed by atoms with Crippen molar-refractivity contribution in [3.63, 3.8) is 0 Å². The molecule has 2 aromatic rings. The number of hydrogen-bond acceptors (Lipinski definition) is 4. The van der Waals surface area contributed by atoms with Crippen LogP contribution >= 0.6 is 0 Å². The topological polar surface area (TPSA) is 60.4 Å². The van der Waals surface area contributed by atoms with Crippen molar-refractivity contribution in [2.24, 2.45) is 0 Å². The minimum atomic E-state index is -0.448. The van der Waals surface area contributed by atoms with Crippen LogP contribution in [-0.2, 0) is 6.42 Å². The maximum atomic E-state index is 13.5. The van der Waals surface area contributed by atoms with Gasteiger partial charge in [0.1, 0.15) is 5.76 Å². The SMILES string of the molecule is CCOc1cc(NCCc2ccco2)c(N)cc1F. The van der Waals surface area contributed by atoms with Gasteiger partial charge in [0.25, 0.3) is 0 Å². The molecule has 0 aliphatic heterocycles. The molecule has 0 fully saturated rings. The maximum Gasteiger partial charge on any atom is 0.167 e. The van der Waals surface area contributed by atoms with Gasteiger partial charge in [-0.15, -0.1) is 0 Å². The summed E-state index contributed by atoms with van der Waals surface area (Å²) in [5, 5.41) is 3.15. The Bertz CT molecular complexity index is 526. The van der Waals surface area contributed by atoms with Gasteiger partial charge < -0.3 is 20.2 Å². The summed E-state index contributed by atoms with van der Waals surface area (Å²) in [6, 6.07) is 6.59. The first-order valence-corrected chi connectivity index (χ1v) is 6.18. The predicted molar refractivity (Wildman–Crippen MR) is 72.9 cm³/mol. The van der Waals surface area contributed by atoms with Crippen molar-refractivity contribution in [3.05, 3.63) is 42.1 Å². The van der Waals surface area contributed by atoms with Crippen LogP contribution in [0.3, 0.4) is 0 Å². The smallest absolute Gasteiger partial charge is 0.167 e. The Kier molecular flexibility index (Phi) is 4.28. The number of nitrogens with one attached hydrogen (secondary N) is 1. The zero-order valence-corrected chi connectivity index (χ0v) is 10.8. The summed E-state index contributed by atoms with van der Waals surface area (Å²) >= 11 is 0. The molecule has 102 valence electrons. The molecule has 1 heterocycles. The highest BCUT2D eigenvalue weighted by Crippen LogP contribution is 2.28. The number of rotatable bonds is 6. The fraction of sp³-hybridized carbons (Fsp3) is 0.286. The molecule has 4 nitrogen and oxygen atoms in total. The summed E-state index contributed by atoms with van der Waals surface area (Å²) in [6.45, 7) is 2.86. The van der Waals surface area contributed by atoms with Crippen molar-refractivity contribution in [3.8, 4) is 5.75 Å². The van der Waals surface area contributed by atoms with Gasteiger partial charge in [-0.3, -0.25) is 0 Å². The fourth-order valence-corrected chi connectivity index (χ4v) is 1.76. The Morgan fingerprint density at radius 2 is 2.26 bits per heavy atom. The minimum absolute atomic E-state index is 0.206. The fourth-order valence-electron chi connectivity index (χ4n) is 1.76. The monoisotopic (exact) mass is 264 g/mol. The second kappa shape index (κ2) is 6.13. The molecule has 0 amide bonds. The average Bonchev–Trinajstić information content (AvgIpc) is 2.88. The standard InChI is InChI=1S/C14H17FN2O2/c1-2-18-14-9-13(12(16)8-11(14)15)17-6-5-10-4-3-7-19-10/h3-4,7-9,17H,2,5-6,16H2,1H3. The molecule has 0 aliphatic rings. The number of hydrogen-bond donors (Lipinski definition) is 2. The van der Waals surface area contributed by atoms with E-state index in [1.165, 1.54) is 6.07 Å². The van der Waals surface area contributed by atoms with Crippen molar-refractivity contribution in [2.75, 3.05) is 24.2 Å². The molecule has 0 spiro atoms. The lowest BCUT2D eigenvalue weighted by Gasteiger charge is -2.12. The van der Waals surface area contributed by atoms with Crippen LogP contribution in [-0.4, -0.2) is 13.2 Å². The molecule has 0 atom stereocenters. The highest BCUT2D eigenvalue weighted by molar-refractivity contribution is 5.68. The van der Waals surface area contributed by atoms with Gasteiger partial charge in [0.2, 0.25) is 0 Å². The number of anilines is 2. The molecule has 1 aromatic heterocycles. The van der Waals surface area contributed by atoms with Gasteiger partial charge in [-0.2, -0.15) is 0 Å². The Hall–Kier alpha value is -2.17. The minimum Gasteiger partial charge on any atom is -0.491 e. The number of nitrogen functional groups attached to an aromatic ring is 1. The third kappa shape index (κ3) is 3.40. The number of furan rings is 1. The van der Waals surface area contributed by atoms with E-state index in [1.54, 1.807) is 19.3 Å². The third-order valence-corrected chi connectivity index (χ3v) is 2.67. The summed E-state index contributed by atoms with van der Waals surface area (Å²) in [7, 11) is 0. The van der Waals surface area contributed by atoms with Crippen molar-refractivity contribution >= 4 is 11.4 Å². The van der Waals surface area contributed by atoms with Crippen LogP contribution in [0.25, 0.3) is 0 Å². The molecule has 1 aromatic carbocycles. The highest BCUT2D eigenvalue weighted by Gasteiger charge is 2.08. The van der Waals surface area contributed by atoms with Gasteiger partial charge in [0.15, 0.2) is 11.6 Å². The molecule has 0 radical (unpaired) electrons. The van der Waals surface area contributed by atoms with E-state index in [4.69, 9.17) is 14.9 Å². The molecular weight excluding hydrogens is 247 g/mol. The van der Waals surface area contributed by atoms with Gasteiger partial charge in [-0.25, -0.2) is 4.39 Å². The largest absolute Gasteiger partial charge is 0.491 e. The molecule has 5 heteroatoms. The van der Waals surface area contributed by atoms with Gasteiger partial charge in [-0.1, -0.05) is 0 Å². The van der Waals surface area contributed by atoms with Crippen molar-refractivity contribution in [1.29, 1.82) is 0 Å². The van der Waals surface area contributed by atoms with E-state index in [2.05, 4.69) is 5.32 Å². The van der Waals surface area contributed by atoms with Crippen molar-refractivity contribution in [2.45, 2.75) is 13.3 Å². The quantitative estimate of drug-likeness (QED) is 0.787. The number of benzene rings is 1. The lowest BCUT2D eigenvalue weighted by molar-refractivity contribution is 0.322. The van der Waals surface area contributed by atoms with Gasteiger partial charge in [0, 0.05) is 25.1 Å². The lowest BCUT2D eigenvalue weighted by atomic mass is 10.2. The Labute approximate surface area is 111 Å². The third-order valence-electron chi connectivity index (χ3n) is 2.67. The van der Waals surface area contributed by atoms with E-state index in [0.29, 0.717) is 24.5 Å². The van der Waals surface area contributed by atoms with Crippen LogP contribution in [0.4, 0.5) is 15.8 Å². The van der Waals surface area contributed by atoms with E-state index in [1.807, 2.05) is 12.1 Å². The summed E-state index contributed by atoms with van der Waals surface area (Å²) < 4.78 is 23.9. The van der Waals surface area contributed by atoms with Crippen LogP contribution in [0.15, 0.2) is 34.9 Å². The molecule has 0 bridgehead atoms. The zero-order valence-electron chi connectivity index (χ0n) is 10.8. The van der Waals surface area contributed by atoms with Gasteiger partial charge in [0.05, 0.1) is 24.2 Å². The molecule has 0 saturated carbocycles. The van der Waals surface area contributed by atoms with Crippen LogP contribution in [0.5, 0.6) is 5.75 Å². The van der Waals surface area contributed by atoms with E-state index < -0.39 is 5.82 Å². The predicted octanol–water partition coefficient (Wildman–Crippen LogP) is 3.05. The molecule has 0 aliphatic carbocycles. The Morgan fingerprint density at radius 3 is 2.95 bits per heavy atom. The average molecular weight is 264 g/mol. The zero-order chi connectivity index (χ0) is 13.7. The number of ether oxygens (including phenoxy) is 1. The summed E-state index contributed by atoms with van der Waals surface area (Å²) in [5.41, 5.74) is 6.79. The van der Waals surface area contributed by atoms with Crippen LogP contribution in [0, 0.1) is 5.82 Å². The van der Waals surface area contributed by atoms with Crippen molar-refractivity contribution in [1.82, 2.24) is 0 Å². The van der Waals surface area contributed by atoms with E-state index in [0.717, 1.165) is 12.2 Å². The normalized spacial score (nSPS) is 10.4. The molecule has 0 unspecified atom stereocenters. The Balaban J connectivity index is 2.00. The van der Waals surface area contributed by atoms with E-state index >= 15 is 0 Å². The molecule has 3 N–H and O–H groups in total. The molecule has 0 saturated heterocycles. The number of nitrogens with two attached hydrogens (primary N) is 1. The maximum absolute atomic E-state index is 13.5. The van der Waals surface area contributed by atoms with Crippen LogP contribution < -0.4 is 15.8 Å². The van der Waals surface area contributed by atoms with Gasteiger partial charge >= 0.3 is 0 Å². The first kappa shape index (κ1) is 13.3. The second-order valence-corrected chi connectivity index (χ2v) is 4.06. The summed E-state index contributed by atoms with van der Waals surface area (Å²) in [4.78, 5) is 0. The van der Waals surface area contributed by atoms with Crippen LogP contribution in [0.1, 0.15) is 12.7 Å². The lowest BCUT2D eigenvalue weighted by Crippen LogP contribution is -2.07. The molecule has 2 rings (SSSR count). The van der Waals surface area contributed by atoms with Crippen molar-refractivity contribution < 1.29 is 13.5 Å². The second-order valence-electron chi connectivity index (χ2n) is 4.06. The summed E-state index contributed by atoms with van der Waals surface area (Å²) in [6.07, 6.45) is 2.36. The van der Waals surface area contributed by atoms with Gasteiger partial charge in [-0.05, 0) is 19.1 Å². The van der Waals surface area contributed by atoms with E-state index in [-0.39, 0.29) is 5.75 Å². The highest BCUT2D eigenvalue weighted by atomic mass is 19.1. The summed E-state index contributed by atoms with van der Waals surface area (Å²) in [5.74, 6) is 0.645. The first-order chi connectivity index (χ1) is 9.20. The van der Waals surface area contributed by atoms with Crippen LogP contribution in [0.2, 0.25) is 0 Å². The molecule has 19 heavy (non-hydrogen) atoms. The molecular formula is C14H17FN2O2. The first-order valence-electron chi connectivity index (χ1n) is 6.18. The Morgan fingerprint density at radius 1 is 1.42 bits per heavy atom.